The lowest BCUT2D eigenvalue weighted by Gasteiger charge is -2.08. The lowest BCUT2D eigenvalue weighted by Crippen LogP contribution is -1.96. The molecular weight excluding hydrogens is 264 g/mol. The van der Waals surface area contributed by atoms with Crippen LogP contribution in [0.2, 0.25) is 0 Å². The quantitative estimate of drug-likeness (QED) is 0.684. The Hall–Kier alpha value is -1.15. The molecule has 0 atom stereocenters. The molecule has 1 saturated heterocycles. The molecule has 108 valence electrons. The van der Waals surface area contributed by atoms with Crippen molar-refractivity contribution in [2.24, 2.45) is 0 Å². The summed E-state index contributed by atoms with van der Waals surface area (Å²) in [6.07, 6.45) is 5.21. The Bertz CT molecular complexity index is 493. The largest absolute Gasteiger partial charge is 0.493 e. The number of rotatable bonds is 4. The van der Waals surface area contributed by atoms with Crippen LogP contribution in [0.1, 0.15) is 32.6 Å². The molecular formula is C18H24OS. The zero-order chi connectivity index (χ0) is 14.0. The second-order valence-corrected chi connectivity index (χ2v) is 6.22. The van der Waals surface area contributed by atoms with Gasteiger partial charge in [0.05, 0.1) is 6.61 Å². The number of fused-ring (bicyclic) bond motifs is 1. The number of hydrogen-bond donors (Lipinski definition) is 0. The molecule has 1 fully saturated rings. The second kappa shape index (κ2) is 8.91. The van der Waals surface area contributed by atoms with E-state index < -0.39 is 0 Å². The fourth-order valence-corrected chi connectivity index (χ4v) is 3.18. The zero-order valence-corrected chi connectivity index (χ0v) is 13.1. The van der Waals surface area contributed by atoms with E-state index in [-0.39, 0.29) is 0 Å². The van der Waals surface area contributed by atoms with Crippen molar-refractivity contribution in [3.05, 3.63) is 42.5 Å². The first kappa shape index (κ1) is 15.2. The van der Waals surface area contributed by atoms with E-state index in [2.05, 4.69) is 49.0 Å². The van der Waals surface area contributed by atoms with Gasteiger partial charge in [0, 0.05) is 5.39 Å². The summed E-state index contributed by atoms with van der Waals surface area (Å²) in [7, 11) is 0. The van der Waals surface area contributed by atoms with Gasteiger partial charge in [0.15, 0.2) is 0 Å². The van der Waals surface area contributed by atoms with Crippen LogP contribution in [0.15, 0.2) is 42.5 Å². The minimum absolute atomic E-state index is 0.810. The third kappa shape index (κ3) is 4.75. The SMILES string of the molecule is C1CCSC1.CCCCOc1cccc2ccccc12. The first-order valence-corrected chi connectivity index (χ1v) is 8.75. The smallest absolute Gasteiger partial charge is 0.127 e. The van der Waals surface area contributed by atoms with E-state index in [1.54, 1.807) is 0 Å². The van der Waals surface area contributed by atoms with E-state index in [1.807, 2.05) is 12.1 Å². The molecule has 0 aliphatic carbocycles. The predicted molar refractivity (Wildman–Crippen MR) is 90.9 cm³/mol. The van der Waals surface area contributed by atoms with E-state index in [4.69, 9.17) is 4.74 Å². The molecule has 20 heavy (non-hydrogen) atoms. The molecule has 0 N–H and O–H groups in total. The van der Waals surface area contributed by atoms with E-state index in [9.17, 15) is 0 Å². The summed E-state index contributed by atoms with van der Waals surface area (Å²) in [5.74, 6) is 3.83. The standard InChI is InChI=1S/C14H16O.C4H8S/c1-2-3-11-15-14-10-6-8-12-7-4-5-9-13(12)14;1-2-4-5-3-1/h4-10H,2-3,11H2,1H3;1-4H2. The van der Waals surface area contributed by atoms with Crippen LogP contribution in [0.3, 0.4) is 0 Å². The molecule has 0 saturated carbocycles. The fraction of sp³-hybridized carbons (Fsp3) is 0.444. The molecule has 1 nitrogen and oxygen atoms in total. The summed E-state index contributed by atoms with van der Waals surface area (Å²) in [5, 5.41) is 2.45. The van der Waals surface area contributed by atoms with Crippen LogP contribution in [-0.2, 0) is 0 Å². The first-order valence-electron chi connectivity index (χ1n) is 7.60. The van der Waals surface area contributed by atoms with Gasteiger partial charge in [-0.3, -0.25) is 0 Å². The van der Waals surface area contributed by atoms with Crippen LogP contribution < -0.4 is 4.74 Å². The van der Waals surface area contributed by atoms with Crippen molar-refractivity contribution in [3.8, 4) is 5.75 Å². The molecule has 2 aromatic rings. The summed E-state index contributed by atoms with van der Waals surface area (Å²) >= 11 is 2.07. The Kier molecular flexibility index (Phi) is 6.79. The molecule has 0 unspecified atom stereocenters. The summed E-state index contributed by atoms with van der Waals surface area (Å²) in [6.45, 7) is 2.98. The lowest BCUT2D eigenvalue weighted by molar-refractivity contribution is 0.313. The van der Waals surface area contributed by atoms with Crippen LogP contribution in [0.5, 0.6) is 5.75 Å². The van der Waals surface area contributed by atoms with E-state index in [1.165, 1.54) is 41.5 Å². The van der Waals surface area contributed by atoms with Crippen LogP contribution in [0.4, 0.5) is 0 Å². The minimum Gasteiger partial charge on any atom is -0.493 e. The summed E-state index contributed by atoms with van der Waals surface area (Å²) in [5.41, 5.74) is 0. The van der Waals surface area contributed by atoms with Crippen LogP contribution in [0, 0.1) is 0 Å². The van der Waals surface area contributed by atoms with Gasteiger partial charge in [-0.05, 0) is 42.2 Å². The van der Waals surface area contributed by atoms with Gasteiger partial charge < -0.3 is 4.74 Å². The third-order valence-corrected chi connectivity index (χ3v) is 4.49. The molecule has 0 aromatic heterocycles. The Balaban J connectivity index is 0.000000247. The van der Waals surface area contributed by atoms with Crippen LogP contribution in [0.25, 0.3) is 10.8 Å². The van der Waals surface area contributed by atoms with Gasteiger partial charge in [0.1, 0.15) is 5.75 Å². The maximum absolute atomic E-state index is 5.76. The lowest BCUT2D eigenvalue weighted by atomic mass is 10.1. The van der Waals surface area contributed by atoms with E-state index in [0.717, 1.165) is 18.8 Å². The molecule has 2 aromatic carbocycles. The molecule has 0 radical (unpaired) electrons. The van der Waals surface area contributed by atoms with Crippen LogP contribution >= 0.6 is 11.8 Å². The molecule has 0 amide bonds. The number of ether oxygens (including phenoxy) is 1. The maximum atomic E-state index is 5.76. The molecule has 3 rings (SSSR count). The maximum Gasteiger partial charge on any atom is 0.127 e. The average Bonchev–Trinajstić information content (AvgIpc) is 3.07. The van der Waals surface area contributed by atoms with Crippen molar-refractivity contribution in [3.63, 3.8) is 0 Å². The van der Waals surface area contributed by atoms with Gasteiger partial charge >= 0.3 is 0 Å². The highest BCUT2D eigenvalue weighted by Gasteiger charge is 1.99. The Labute approximate surface area is 126 Å². The normalized spacial score (nSPS) is 13.8. The van der Waals surface area contributed by atoms with Crippen molar-refractivity contribution in [1.82, 2.24) is 0 Å². The molecule has 1 aliphatic rings. The van der Waals surface area contributed by atoms with Gasteiger partial charge in [0.25, 0.3) is 0 Å². The number of benzene rings is 2. The molecule has 0 spiro atoms. The Morgan fingerprint density at radius 1 is 1.00 bits per heavy atom. The molecule has 1 aliphatic heterocycles. The van der Waals surface area contributed by atoms with Crippen LogP contribution in [-0.4, -0.2) is 18.1 Å². The highest BCUT2D eigenvalue weighted by atomic mass is 32.2. The van der Waals surface area contributed by atoms with Gasteiger partial charge in [-0.15, -0.1) is 0 Å². The van der Waals surface area contributed by atoms with Crippen molar-refractivity contribution in [2.45, 2.75) is 32.6 Å². The van der Waals surface area contributed by atoms with Crippen molar-refractivity contribution < 1.29 is 4.74 Å². The molecule has 2 heteroatoms. The monoisotopic (exact) mass is 288 g/mol. The minimum atomic E-state index is 0.810. The first-order chi connectivity index (χ1) is 9.92. The van der Waals surface area contributed by atoms with Gasteiger partial charge in [-0.1, -0.05) is 49.7 Å². The second-order valence-electron chi connectivity index (χ2n) is 5.00. The third-order valence-electron chi connectivity index (χ3n) is 3.33. The van der Waals surface area contributed by atoms with E-state index in [0.29, 0.717) is 0 Å². The molecule has 1 heterocycles. The number of thioether (sulfide) groups is 1. The highest BCUT2D eigenvalue weighted by molar-refractivity contribution is 7.99. The van der Waals surface area contributed by atoms with E-state index >= 15 is 0 Å². The summed E-state index contributed by atoms with van der Waals surface area (Å²) < 4.78 is 5.76. The van der Waals surface area contributed by atoms with Crippen molar-refractivity contribution >= 4 is 22.5 Å². The number of hydrogen-bond acceptors (Lipinski definition) is 2. The van der Waals surface area contributed by atoms with Gasteiger partial charge in [-0.2, -0.15) is 11.8 Å². The summed E-state index contributed by atoms with van der Waals surface area (Å²) in [6, 6.07) is 14.5. The van der Waals surface area contributed by atoms with Gasteiger partial charge in [-0.25, -0.2) is 0 Å². The van der Waals surface area contributed by atoms with Crippen molar-refractivity contribution in [1.29, 1.82) is 0 Å². The van der Waals surface area contributed by atoms with Crippen molar-refractivity contribution in [2.75, 3.05) is 18.1 Å². The average molecular weight is 288 g/mol. The number of unbranched alkanes of at least 4 members (excludes halogenated alkanes) is 1. The fourth-order valence-electron chi connectivity index (χ4n) is 2.16. The Morgan fingerprint density at radius 2 is 1.75 bits per heavy atom. The predicted octanol–water partition coefficient (Wildman–Crippen LogP) is 5.53. The summed E-state index contributed by atoms with van der Waals surface area (Å²) in [4.78, 5) is 0. The topological polar surface area (TPSA) is 9.23 Å². The van der Waals surface area contributed by atoms with Gasteiger partial charge in [0.2, 0.25) is 0 Å². The Morgan fingerprint density at radius 3 is 2.45 bits per heavy atom. The molecule has 0 bridgehead atoms. The highest BCUT2D eigenvalue weighted by Crippen LogP contribution is 2.25. The zero-order valence-electron chi connectivity index (χ0n) is 12.3.